The molecule has 5 nitrogen and oxygen atoms in total. The number of benzene rings is 1. The molecule has 2 N–H and O–H groups in total. The summed E-state index contributed by atoms with van der Waals surface area (Å²) in [5.74, 6) is 0. The number of hydrogen-bond donors (Lipinski definition) is 2. The normalized spacial score (nSPS) is 24.1. The molecule has 1 aliphatic rings. The summed E-state index contributed by atoms with van der Waals surface area (Å²) in [4.78, 5) is 10.6. The lowest BCUT2D eigenvalue weighted by Gasteiger charge is -2.19. The molecule has 19 heavy (non-hydrogen) atoms. The van der Waals surface area contributed by atoms with Crippen molar-refractivity contribution in [2.75, 3.05) is 5.32 Å². The van der Waals surface area contributed by atoms with Gasteiger partial charge in [-0.2, -0.15) is 0 Å². The lowest BCUT2D eigenvalue weighted by molar-refractivity contribution is -0.384. The number of hydrogen-bond acceptors (Lipinski definition) is 4. The number of nitro benzene ring substituents is 1. The van der Waals surface area contributed by atoms with Crippen molar-refractivity contribution in [2.45, 2.75) is 51.2 Å². The first-order valence-corrected chi connectivity index (χ1v) is 6.82. The first kappa shape index (κ1) is 13.8. The van der Waals surface area contributed by atoms with Crippen molar-refractivity contribution >= 4 is 11.4 Å². The third kappa shape index (κ3) is 3.67. The lowest BCUT2D eigenvalue weighted by Crippen LogP contribution is -2.32. The van der Waals surface area contributed by atoms with Crippen molar-refractivity contribution in [1.82, 2.24) is 5.32 Å². The molecule has 1 saturated heterocycles. The molecule has 1 aromatic rings. The number of anilines is 1. The SMILES string of the molecule is CC(CC1CCC(C)N1)Nc1ccccc1[N+](=O)[O-]. The van der Waals surface area contributed by atoms with Crippen LogP contribution in [0, 0.1) is 10.1 Å². The van der Waals surface area contributed by atoms with Gasteiger partial charge in [0, 0.05) is 24.2 Å². The summed E-state index contributed by atoms with van der Waals surface area (Å²) in [7, 11) is 0. The Balaban J connectivity index is 1.95. The molecular formula is C14H21N3O2. The molecule has 1 fully saturated rings. The highest BCUT2D eigenvalue weighted by atomic mass is 16.6. The minimum Gasteiger partial charge on any atom is -0.377 e. The standard InChI is InChI=1S/C14H21N3O2/c1-10-7-8-12(15-10)9-11(2)16-13-5-3-4-6-14(13)17(18)19/h3-6,10-12,15-16H,7-9H2,1-2H3. The molecule has 0 saturated carbocycles. The van der Waals surface area contributed by atoms with Crippen LogP contribution in [0.5, 0.6) is 0 Å². The Kier molecular flexibility index (Phi) is 4.37. The fraction of sp³-hybridized carbons (Fsp3) is 0.571. The highest BCUT2D eigenvalue weighted by molar-refractivity contribution is 5.61. The molecule has 0 amide bonds. The predicted molar refractivity (Wildman–Crippen MR) is 76.4 cm³/mol. The Morgan fingerprint density at radius 1 is 1.47 bits per heavy atom. The molecule has 3 atom stereocenters. The molecular weight excluding hydrogens is 242 g/mol. The molecule has 104 valence electrons. The Morgan fingerprint density at radius 2 is 2.21 bits per heavy atom. The van der Waals surface area contributed by atoms with Gasteiger partial charge in [-0.15, -0.1) is 0 Å². The van der Waals surface area contributed by atoms with Crippen molar-refractivity contribution in [1.29, 1.82) is 0 Å². The maximum atomic E-state index is 10.9. The van der Waals surface area contributed by atoms with E-state index < -0.39 is 0 Å². The quantitative estimate of drug-likeness (QED) is 0.633. The molecule has 1 heterocycles. The molecule has 1 aliphatic heterocycles. The highest BCUT2D eigenvalue weighted by Gasteiger charge is 2.22. The summed E-state index contributed by atoms with van der Waals surface area (Å²) in [6.07, 6.45) is 3.38. The van der Waals surface area contributed by atoms with Crippen molar-refractivity contribution in [3.05, 3.63) is 34.4 Å². The van der Waals surface area contributed by atoms with E-state index in [0.717, 1.165) is 6.42 Å². The van der Waals surface area contributed by atoms with Gasteiger partial charge in [-0.25, -0.2) is 0 Å². The van der Waals surface area contributed by atoms with Crippen molar-refractivity contribution in [3.8, 4) is 0 Å². The Morgan fingerprint density at radius 3 is 2.84 bits per heavy atom. The van der Waals surface area contributed by atoms with Gasteiger partial charge in [0.25, 0.3) is 5.69 Å². The van der Waals surface area contributed by atoms with Crippen LogP contribution in [0.1, 0.15) is 33.1 Å². The van der Waals surface area contributed by atoms with Gasteiger partial charge in [0.1, 0.15) is 5.69 Å². The van der Waals surface area contributed by atoms with Crippen LogP contribution in [0.4, 0.5) is 11.4 Å². The topological polar surface area (TPSA) is 67.2 Å². The monoisotopic (exact) mass is 263 g/mol. The molecule has 3 unspecified atom stereocenters. The Bertz CT molecular complexity index is 450. The summed E-state index contributed by atoms with van der Waals surface area (Å²) in [6.45, 7) is 4.27. The molecule has 1 aromatic carbocycles. The van der Waals surface area contributed by atoms with Crippen LogP contribution in [-0.4, -0.2) is 23.0 Å². The highest BCUT2D eigenvalue weighted by Crippen LogP contribution is 2.25. The van der Waals surface area contributed by atoms with E-state index in [0.29, 0.717) is 17.8 Å². The smallest absolute Gasteiger partial charge is 0.292 e. The van der Waals surface area contributed by atoms with E-state index in [2.05, 4.69) is 24.5 Å². The van der Waals surface area contributed by atoms with Gasteiger partial charge in [-0.3, -0.25) is 10.1 Å². The number of nitrogens with one attached hydrogen (secondary N) is 2. The second-order valence-corrected chi connectivity index (χ2v) is 5.40. The first-order chi connectivity index (χ1) is 9.06. The van der Waals surface area contributed by atoms with E-state index >= 15 is 0 Å². The third-order valence-corrected chi connectivity index (χ3v) is 3.61. The van der Waals surface area contributed by atoms with Crippen LogP contribution in [0.15, 0.2) is 24.3 Å². The van der Waals surface area contributed by atoms with E-state index in [1.54, 1.807) is 12.1 Å². The van der Waals surface area contributed by atoms with Crippen LogP contribution >= 0.6 is 0 Å². The predicted octanol–water partition coefficient (Wildman–Crippen LogP) is 2.93. The van der Waals surface area contributed by atoms with Crippen molar-refractivity contribution in [3.63, 3.8) is 0 Å². The third-order valence-electron chi connectivity index (χ3n) is 3.61. The molecule has 0 aromatic heterocycles. The number of para-hydroxylation sites is 2. The van der Waals surface area contributed by atoms with E-state index in [9.17, 15) is 10.1 Å². The minimum atomic E-state index is -0.342. The minimum absolute atomic E-state index is 0.141. The summed E-state index contributed by atoms with van der Waals surface area (Å²) in [6, 6.07) is 8.11. The van der Waals surface area contributed by atoms with Gasteiger partial charge in [0.05, 0.1) is 4.92 Å². The maximum Gasteiger partial charge on any atom is 0.292 e. The molecule has 0 bridgehead atoms. The average molecular weight is 263 g/mol. The average Bonchev–Trinajstić information content (AvgIpc) is 2.75. The molecule has 0 spiro atoms. The van der Waals surface area contributed by atoms with E-state index in [1.165, 1.54) is 18.9 Å². The van der Waals surface area contributed by atoms with Crippen LogP contribution in [0.2, 0.25) is 0 Å². The zero-order chi connectivity index (χ0) is 13.8. The second-order valence-electron chi connectivity index (χ2n) is 5.40. The second kappa shape index (κ2) is 6.02. The number of nitro groups is 1. The zero-order valence-electron chi connectivity index (χ0n) is 11.4. The van der Waals surface area contributed by atoms with Crippen LogP contribution in [0.3, 0.4) is 0 Å². The van der Waals surface area contributed by atoms with E-state index in [-0.39, 0.29) is 16.7 Å². The number of nitrogens with zero attached hydrogens (tertiary/aromatic N) is 1. The summed E-state index contributed by atoms with van der Waals surface area (Å²) < 4.78 is 0. The van der Waals surface area contributed by atoms with Gasteiger partial charge in [0.15, 0.2) is 0 Å². The lowest BCUT2D eigenvalue weighted by atomic mass is 10.1. The Labute approximate surface area is 113 Å². The number of rotatable bonds is 5. The van der Waals surface area contributed by atoms with Crippen molar-refractivity contribution < 1.29 is 4.92 Å². The Hall–Kier alpha value is -1.62. The molecule has 2 rings (SSSR count). The zero-order valence-corrected chi connectivity index (χ0v) is 11.4. The fourth-order valence-electron chi connectivity index (χ4n) is 2.71. The maximum absolute atomic E-state index is 10.9. The van der Waals surface area contributed by atoms with E-state index in [4.69, 9.17) is 0 Å². The van der Waals surface area contributed by atoms with Gasteiger partial charge in [-0.1, -0.05) is 12.1 Å². The van der Waals surface area contributed by atoms with Gasteiger partial charge in [-0.05, 0) is 39.2 Å². The van der Waals surface area contributed by atoms with Gasteiger partial charge >= 0.3 is 0 Å². The molecule has 5 heteroatoms. The summed E-state index contributed by atoms with van der Waals surface area (Å²) in [5, 5.41) is 17.7. The van der Waals surface area contributed by atoms with Crippen molar-refractivity contribution in [2.24, 2.45) is 0 Å². The van der Waals surface area contributed by atoms with Crippen LogP contribution < -0.4 is 10.6 Å². The van der Waals surface area contributed by atoms with Crippen LogP contribution in [0.25, 0.3) is 0 Å². The van der Waals surface area contributed by atoms with Crippen LogP contribution in [-0.2, 0) is 0 Å². The fourth-order valence-corrected chi connectivity index (χ4v) is 2.71. The molecule has 0 radical (unpaired) electrons. The first-order valence-electron chi connectivity index (χ1n) is 6.82. The van der Waals surface area contributed by atoms with E-state index in [1.807, 2.05) is 6.07 Å². The molecule has 0 aliphatic carbocycles. The van der Waals surface area contributed by atoms with Gasteiger partial charge < -0.3 is 10.6 Å². The largest absolute Gasteiger partial charge is 0.377 e. The summed E-state index contributed by atoms with van der Waals surface area (Å²) in [5.41, 5.74) is 0.744. The summed E-state index contributed by atoms with van der Waals surface area (Å²) >= 11 is 0. The van der Waals surface area contributed by atoms with Gasteiger partial charge in [0.2, 0.25) is 0 Å².